The molecule has 1 aliphatic rings. The number of hydrogen-bond acceptors (Lipinski definition) is 3. The third-order valence-electron chi connectivity index (χ3n) is 3.42. The van der Waals surface area contributed by atoms with E-state index in [4.69, 9.17) is 17.3 Å². The van der Waals surface area contributed by atoms with Crippen molar-refractivity contribution in [1.82, 2.24) is 4.90 Å². The molecule has 0 spiro atoms. The van der Waals surface area contributed by atoms with Crippen molar-refractivity contribution in [3.8, 4) is 0 Å². The molecule has 96 valence electrons. The summed E-state index contributed by atoms with van der Waals surface area (Å²) in [7, 11) is 0. The van der Waals surface area contributed by atoms with Gasteiger partial charge in [0.15, 0.2) is 0 Å². The Labute approximate surface area is 113 Å². The van der Waals surface area contributed by atoms with E-state index < -0.39 is 0 Å². The number of halogens is 1. The molecule has 1 fully saturated rings. The molecule has 1 aliphatic heterocycles. The maximum absolute atomic E-state index is 6.18. The van der Waals surface area contributed by atoms with E-state index in [0.717, 1.165) is 4.34 Å². The van der Waals surface area contributed by atoms with Gasteiger partial charge in [0.25, 0.3) is 0 Å². The van der Waals surface area contributed by atoms with Gasteiger partial charge in [-0.1, -0.05) is 24.4 Å². The third-order valence-corrected chi connectivity index (χ3v) is 4.72. The van der Waals surface area contributed by atoms with Crippen molar-refractivity contribution in [1.29, 1.82) is 0 Å². The Kier molecular flexibility index (Phi) is 4.86. The summed E-state index contributed by atoms with van der Waals surface area (Å²) in [6, 6.07) is 4.61. The van der Waals surface area contributed by atoms with E-state index in [1.165, 1.54) is 43.6 Å². The molecule has 1 aromatic heterocycles. The highest BCUT2D eigenvalue weighted by molar-refractivity contribution is 7.16. The molecule has 0 radical (unpaired) electrons. The van der Waals surface area contributed by atoms with Crippen LogP contribution < -0.4 is 5.73 Å². The quantitative estimate of drug-likeness (QED) is 0.910. The molecule has 2 heterocycles. The topological polar surface area (TPSA) is 29.3 Å². The summed E-state index contributed by atoms with van der Waals surface area (Å²) in [5.74, 6) is 0. The maximum atomic E-state index is 6.18. The van der Waals surface area contributed by atoms with Gasteiger partial charge in [0, 0.05) is 10.9 Å². The van der Waals surface area contributed by atoms with Crippen LogP contribution in [-0.2, 0) is 0 Å². The Morgan fingerprint density at radius 3 is 2.35 bits per heavy atom. The zero-order valence-electron chi connectivity index (χ0n) is 10.4. The average Bonchev–Trinajstić information content (AvgIpc) is 2.53. The minimum atomic E-state index is 0.155. The van der Waals surface area contributed by atoms with Gasteiger partial charge in [-0.15, -0.1) is 11.3 Å². The van der Waals surface area contributed by atoms with Crippen molar-refractivity contribution >= 4 is 22.9 Å². The molecule has 0 bridgehead atoms. The Morgan fingerprint density at radius 2 is 1.88 bits per heavy atom. The van der Waals surface area contributed by atoms with E-state index in [9.17, 15) is 0 Å². The van der Waals surface area contributed by atoms with Crippen molar-refractivity contribution in [3.05, 3.63) is 21.3 Å². The smallest absolute Gasteiger partial charge is 0.0931 e. The van der Waals surface area contributed by atoms with Crippen molar-refractivity contribution in [2.75, 3.05) is 13.1 Å². The summed E-state index contributed by atoms with van der Waals surface area (Å²) in [6.07, 6.45) is 5.30. The third kappa shape index (κ3) is 3.44. The molecule has 2 atom stereocenters. The van der Waals surface area contributed by atoms with Crippen LogP contribution in [0.25, 0.3) is 0 Å². The van der Waals surface area contributed by atoms with E-state index in [1.807, 2.05) is 6.07 Å². The second kappa shape index (κ2) is 6.19. The number of nitrogens with zero attached hydrogens (tertiary/aromatic N) is 1. The number of likely N-dealkylation sites (tertiary alicyclic amines) is 1. The Hall–Kier alpha value is -0.0900. The zero-order valence-corrected chi connectivity index (χ0v) is 11.9. The molecule has 0 aliphatic carbocycles. The molecule has 17 heavy (non-hydrogen) atoms. The van der Waals surface area contributed by atoms with Gasteiger partial charge in [0.1, 0.15) is 0 Å². The summed E-state index contributed by atoms with van der Waals surface area (Å²) >= 11 is 7.71. The minimum absolute atomic E-state index is 0.155. The lowest BCUT2D eigenvalue weighted by Crippen LogP contribution is -2.39. The maximum Gasteiger partial charge on any atom is 0.0931 e. The van der Waals surface area contributed by atoms with Crippen LogP contribution in [0, 0.1) is 0 Å². The van der Waals surface area contributed by atoms with Crippen LogP contribution in [0.3, 0.4) is 0 Å². The average molecular weight is 273 g/mol. The lowest BCUT2D eigenvalue weighted by molar-refractivity contribution is 0.186. The predicted octanol–water partition coefficient (Wildman–Crippen LogP) is 3.67. The van der Waals surface area contributed by atoms with Crippen LogP contribution in [0.4, 0.5) is 0 Å². The fourth-order valence-corrected chi connectivity index (χ4v) is 3.94. The van der Waals surface area contributed by atoms with E-state index in [-0.39, 0.29) is 6.04 Å². The first-order valence-electron chi connectivity index (χ1n) is 6.43. The van der Waals surface area contributed by atoms with Crippen LogP contribution in [0.15, 0.2) is 12.1 Å². The Bertz CT molecular complexity index is 343. The highest BCUT2D eigenvalue weighted by Gasteiger charge is 2.25. The first kappa shape index (κ1) is 13.3. The van der Waals surface area contributed by atoms with Gasteiger partial charge in [-0.3, -0.25) is 4.90 Å². The van der Waals surface area contributed by atoms with E-state index in [1.54, 1.807) is 11.3 Å². The number of nitrogens with two attached hydrogens (primary N) is 1. The zero-order chi connectivity index (χ0) is 12.3. The standard InChI is InChI=1S/C13H21ClN2S/c1-10(15)13(11-6-7-12(14)17-11)16-8-4-2-3-5-9-16/h6-7,10,13H,2-5,8-9,15H2,1H3. The van der Waals surface area contributed by atoms with Gasteiger partial charge in [-0.05, 0) is 45.0 Å². The molecule has 4 heteroatoms. The van der Waals surface area contributed by atoms with Gasteiger partial charge in [-0.2, -0.15) is 0 Å². The summed E-state index contributed by atoms with van der Waals surface area (Å²) in [5.41, 5.74) is 6.18. The molecule has 2 nitrogen and oxygen atoms in total. The molecule has 1 saturated heterocycles. The number of rotatable bonds is 3. The Morgan fingerprint density at radius 1 is 1.24 bits per heavy atom. The molecule has 2 rings (SSSR count). The van der Waals surface area contributed by atoms with E-state index in [0.29, 0.717) is 6.04 Å². The summed E-state index contributed by atoms with van der Waals surface area (Å²) < 4.78 is 0.862. The first-order valence-corrected chi connectivity index (χ1v) is 7.63. The van der Waals surface area contributed by atoms with Crippen molar-refractivity contribution in [3.63, 3.8) is 0 Å². The number of thiophene rings is 1. The van der Waals surface area contributed by atoms with Gasteiger partial charge in [-0.25, -0.2) is 0 Å². The minimum Gasteiger partial charge on any atom is -0.326 e. The van der Waals surface area contributed by atoms with E-state index >= 15 is 0 Å². The van der Waals surface area contributed by atoms with Crippen LogP contribution in [0.1, 0.15) is 43.5 Å². The second-order valence-corrected chi connectivity index (χ2v) is 6.64. The predicted molar refractivity (Wildman–Crippen MR) is 75.8 cm³/mol. The van der Waals surface area contributed by atoms with Crippen LogP contribution >= 0.6 is 22.9 Å². The van der Waals surface area contributed by atoms with E-state index in [2.05, 4.69) is 17.9 Å². The number of hydrogen-bond donors (Lipinski definition) is 1. The lowest BCUT2D eigenvalue weighted by atomic mass is 10.1. The highest BCUT2D eigenvalue weighted by atomic mass is 35.5. The lowest BCUT2D eigenvalue weighted by Gasteiger charge is -2.32. The molecule has 2 N–H and O–H groups in total. The normalized spacial score (nSPS) is 22.1. The highest BCUT2D eigenvalue weighted by Crippen LogP contribution is 2.33. The van der Waals surface area contributed by atoms with Gasteiger partial charge in [0.05, 0.1) is 10.4 Å². The summed E-state index contributed by atoms with van der Waals surface area (Å²) in [6.45, 7) is 4.44. The molecule has 0 aromatic carbocycles. The van der Waals surface area contributed by atoms with Crippen LogP contribution in [0.2, 0.25) is 4.34 Å². The van der Waals surface area contributed by atoms with Crippen LogP contribution in [0.5, 0.6) is 0 Å². The van der Waals surface area contributed by atoms with Crippen molar-refractivity contribution in [2.45, 2.75) is 44.7 Å². The fourth-order valence-electron chi connectivity index (χ4n) is 2.63. The monoisotopic (exact) mass is 272 g/mol. The summed E-state index contributed by atoms with van der Waals surface area (Å²) in [4.78, 5) is 3.85. The largest absolute Gasteiger partial charge is 0.326 e. The van der Waals surface area contributed by atoms with Gasteiger partial charge in [0.2, 0.25) is 0 Å². The fraction of sp³-hybridized carbons (Fsp3) is 0.692. The Balaban J connectivity index is 2.15. The van der Waals surface area contributed by atoms with Crippen molar-refractivity contribution in [2.24, 2.45) is 5.73 Å². The molecule has 0 saturated carbocycles. The molecular formula is C13H21ClN2S. The van der Waals surface area contributed by atoms with Gasteiger partial charge >= 0.3 is 0 Å². The molecule has 0 amide bonds. The van der Waals surface area contributed by atoms with Crippen LogP contribution in [-0.4, -0.2) is 24.0 Å². The molecular weight excluding hydrogens is 252 g/mol. The first-order chi connectivity index (χ1) is 8.18. The summed E-state index contributed by atoms with van der Waals surface area (Å²) in [5, 5.41) is 0. The van der Waals surface area contributed by atoms with Gasteiger partial charge < -0.3 is 5.73 Å². The SMILES string of the molecule is CC(N)C(c1ccc(Cl)s1)N1CCCCCC1. The second-order valence-electron chi connectivity index (χ2n) is 4.90. The molecule has 2 unspecified atom stereocenters. The molecule has 1 aromatic rings. The van der Waals surface area contributed by atoms with Crippen molar-refractivity contribution < 1.29 is 0 Å².